The van der Waals surface area contributed by atoms with Crippen LogP contribution in [-0.4, -0.2) is 47.0 Å². The fraction of sp³-hybridized carbons (Fsp3) is 0.450. The molecule has 5 heteroatoms. The van der Waals surface area contributed by atoms with E-state index in [1.54, 1.807) is 0 Å². The van der Waals surface area contributed by atoms with E-state index < -0.39 is 0 Å². The number of benzene rings is 1. The van der Waals surface area contributed by atoms with Crippen molar-refractivity contribution in [2.45, 2.75) is 31.6 Å². The first-order valence-corrected chi connectivity index (χ1v) is 9.15. The van der Waals surface area contributed by atoms with Crippen molar-refractivity contribution < 1.29 is 4.79 Å². The highest BCUT2D eigenvalue weighted by Crippen LogP contribution is 2.24. The smallest absolute Gasteiger partial charge is 0.251 e. The lowest BCUT2D eigenvalue weighted by atomic mass is 9.96. The number of hydrogen-bond donors (Lipinski definition) is 1. The molecule has 2 heterocycles. The predicted octanol–water partition coefficient (Wildman–Crippen LogP) is 2.87. The summed E-state index contributed by atoms with van der Waals surface area (Å²) in [6, 6.07) is 11.3. The van der Waals surface area contributed by atoms with E-state index in [0.717, 1.165) is 63.3 Å². The van der Waals surface area contributed by atoms with Gasteiger partial charge < -0.3 is 10.2 Å². The standard InChI is InChI=1S/C20H26N4O/c25-20(18-7-2-1-3-8-18)23-11-4-5-14-24-15-9-17(10-16-24)19-21-12-6-13-22-19/h1-3,6-8,12-13,17H,4-5,9-11,14-16H2,(H,23,25). The van der Waals surface area contributed by atoms with Gasteiger partial charge in [0.05, 0.1) is 0 Å². The van der Waals surface area contributed by atoms with Crippen molar-refractivity contribution >= 4 is 5.91 Å². The Balaban J connectivity index is 1.28. The number of hydrogen-bond acceptors (Lipinski definition) is 4. The summed E-state index contributed by atoms with van der Waals surface area (Å²) in [7, 11) is 0. The van der Waals surface area contributed by atoms with Gasteiger partial charge in [-0.3, -0.25) is 4.79 Å². The number of amides is 1. The minimum absolute atomic E-state index is 0.0178. The van der Waals surface area contributed by atoms with Gasteiger partial charge in [-0.25, -0.2) is 9.97 Å². The number of carbonyl (C=O) groups is 1. The second-order valence-electron chi connectivity index (χ2n) is 6.55. The Labute approximate surface area is 149 Å². The number of piperidine rings is 1. The van der Waals surface area contributed by atoms with Crippen LogP contribution in [0.3, 0.4) is 0 Å². The lowest BCUT2D eigenvalue weighted by Gasteiger charge is -2.31. The van der Waals surface area contributed by atoms with Crippen molar-refractivity contribution in [3.05, 3.63) is 60.2 Å². The highest BCUT2D eigenvalue weighted by Gasteiger charge is 2.21. The van der Waals surface area contributed by atoms with Gasteiger partial charge in [-0.15, -0.1) is 0 Å². The van der Waals surface area contributed by atoms with Gasteiger partial charge in [-0.05, 0) is 63.5 Å². The van der Waals surface area contributed by atoms with Crippen molar-refractivity contribution in [3.8, 4) is 0 Å². The summed E-state index contributed by atoms with van der Waals surface area (Å²) in [6.45, 7) is 4.06. The van der Waals surface area contributed by atoms with Crippen LogP contribution in [0.25, 0.3) is 0 Å². The quantitative estimate of drug-likeness (QED) is 0.789. The average molecular weight is 338 g/mol. The van der Waals surface area contributed by atoms with Gasteiger partial charge in [-0.2, -0.15) is 0 Å². The number of unbranched alkanes of at least 4 members (excludes halogenated alkanes) is 1. The molecule has 0 atom stereocenters. The first-order valence-electron chi connectivity index (χ1n) is 9.15. The van der Waals surface area contributed by atoms with Gasteiger partial charge in [0.15, 0.2) is 0 Å². The summed E-state index contributed by atoms with van der Waals surface area (Å²) in [4.78, 5) is 23.2. The number of carbonyl (C=O) groups excluding carboxylic acids is 1. The van der Waals surface area contributed by atoms with Gasteiger partial charge in [0.2, 0.25) is 0 Å². The molecule has 0 radical (unpaired) electrons. The van der Waals surface area contributed by atoms with Crippen LogP contribution in [0.2, 0.25) is 0 Å². The van der Waals surface area contributed by atoms with E-state index in [9.17, 15) is 4.79 Å². The van der Waals surface area contributed by atoms with Crippen molar-refractivity contribution in [2.24, 2.45) is 0 Å². The zero-order valence-electron chi connectivity index (χ0n) is 14.6. The first kappa shape index (κ1) is 17.5. The average Bonchev–Trinajstić information content (AvgIpc) is 2.69. The molecule has 2 aromatic rings. The normalized spacial score (nSPS) is 15.8. The van der Waals surface area contributed by atoms with E-state index >= 15 is 0 Å². The molecule has 25 heavy (non-hydrogen) atoms. The molecule has 1 aliphatic rings. The molecule has 0 unspecified atom stereocenters. The zero-order chi connectivity index (χ0) is 17.3. The minimum Gasteiger partial charge on any atom is -0.352 e. The van der Waals surface area contributed by atoms with Crippen LogP contribution in [0, 0.1) is 0 Å². The molecule has 1 aromatic heterocycles. The third-order valence-corrected chi connectivity index (χ3v) is 4.76. The molecule has 1 aliphatic heterocycles. The lowest BCUT2D eigenvalue weighted by molar-refractivity contribution is 0.0952. The fourth-order valence-corrected chi connectivity index (χ4v) is 3.29. The summed E-state index contributed by atoms with van der Waals surface area (Å²) >= 11 is 0. The van der Waals surface area contributed by atoms with Gasteiger partial charge in [0.25, 0.3) is 5.91 Å². The molecule has 0 aliphatic carbocycles. The lowest BCUT2D eigenvalue weighted by Crippen LogP contribution is -2.34. The summed E-state index contributed by atoms with van der Waals surface area (Å²) in [5.41, 5.74) is 0.729. The molecule has 1 fully saturated rings. The Morgan fingerprint density at radius 3 is 2.48 bits per heavy atom. The van der Waals surface area contributed by atoms with Gasteiger partial charge >= 0.3 is 0 Å². The van der Waals surface area contributed by atoms with Crippen LogP contribution in [-0.2, 0) is 0 Å². The van der Waals surface area contributed by atoms with E-state index in [4.69, 9.17) is 0 Å². The highest BCUT2D eigenvalue weighted by atomic mass is 16.1. The SMILES string of the molecule is O=C(NCCCCN1CCC(c2ncccn2)CC1)c1ccccc1. The molecule has 0 saturated carbocycles. The third-order valence-electron chi connectivity index (χ3n) is 4.76. The maximum Gasteiger partial charge on any atom is 0.251 e. The van der Waals surface area contributed by atoms with Crippen molar-refractivity contribution in [1.29, 1.82) is 0 Å². The van der Waals surface area contributed by atoms with Gasteiger partial charge in [-0.1, -0.05) is 18.2 Å². The van der Waals surface area contributed by atoms with Crippen LogP contribution in [0.15, 0.2) is 48.8 Å². The zero-order valence-corrected chi connectivity index (χ0v) is 14.6. The molecule has 1 aromatic carbocycles. The van der Waals surface area contributed by atoms with Crippen LogP contribution in [0.4, 0.5) is 0 Å². The minimum atomic E-state index is 0.0178. The van der Waals surface area contributed by atoms with Crippen molar-refractivity contribution in [2.75, 3.05) is 26.2 Å². The third kappa shape index (κ3) is 5.36. The first-order chi connectivity index (χ1) is 12.3. The summed E-state index contributed by atoms with van der Waals surface area (Å²) < 4.78 is 0. The molecule has 3 rings (SSSR count). The Kier molecular flexibility index (Phi) is 6.51. The number of rotatable bonds is 7. The van der Waals surface area contributed by atoms with Gasteiger partial charge in [0.1, 0.15) is 5.82 Å². The van der Waals surface area contributed by atoms with Crippen molar-refractivity contribution in [1.82, 2.24) is 20.2 Å². The fourth-order valence-electron chi connectivity index (χ4n) is 3.29. The second kappa shape index (κ2) is 9.28. The van der Waals surface area contributed by atoms with Crippen LogP contribution >= 0.6 is 0 Å². The molecule has 1 amide bonds. The van der Waals surface area contributed by atoms with Crippen LogP contribution < -0.4 is 5.32 Å². The van der Waals surface area contributed by atoms with E-state index in [0.29, 0.717) is 5.92 Å². The second-order valence-corrected chi connectivity index (χ2v) is 6.55. The molecule has 5 nitrogen and oxygen atoms in total. The van der Waals surface area contributed by atoms with Crippen LogP contribution in [0.1, 0.15) is 47.8 Å². The van der Waals surface area contributed by atoms with E-state index in [1.165, 1.54) is 0 Å². The number of nitrogens with one attached hydrogen (secondary N) is 1. The Bertz CT molecular complexity index is 639. The topological polar surface area (TPSA) is 58.1 Å². The number of nitrogens with zero attached hydrogens (tertiary/aromatic N) is 3. The molecule has 0 bridgehead atoms. The summed E-state index contributed by atoms with van der Waals surface area (Å²) in [6.07, 6.45) is 8.06. The number of likely N-dealkylation sites (tertiary alicyclic amines) is 1. The molecule has 0 spiro atoms. The molecule has 1 saturated heterocycles. The Hall–Kier alpha value is -2.27. The molecular weight excluding hydrogens is 312 g/mol. The summed E-state index contributed by atoms with van der Waals surface area (Å²) in [5.74, 6) is 1.51. The van der Waals surface area contributed by atoms with E-state index in [2.05, 4.69) is 20.2 Å². The molecule has 1 N–H and O–H groups in total. The Morgan fingerprint density at radius 1 is 1.04 bits per heavy atom. The molecular formula is C20H26N4O. The number of aromatic nitrogens is 2. The summed E-state index contributed by atoms with van der Waals surface area (Å²) in [5, 5.41) is 2.99. The maximum atomic E-state index is 11.9. The monoisotopic (exact) mass is 338 g/mol. The van der Waals surface area contributed by atoms with E-state index in [1.807, 2.05) is 48.8 Å². The van der Waals surface area contributed by atoms with Gasteiger partial charge in [0, 0.05) is 30.4 Å². The predicted molar refractivity (Wildman–Crippen MR) is 98.5 cm³/mol. The highest BCUT2D eigenvalue weighted by molar-refractivity contribution is 5.94. The Morgan fingerprint density at radius 2 is 1.76 bits per heavy atom. The molecule has 132 valence electrons. The van der Waals surface area contributed by atoms with Crippen LogP contribution in [0.5, 0.6) is 0 Å². The largest absolute Gasteiger partial charge is 0.352 e. The van der Waals surface area contributed by atoms with Crippen molar-refractivity contribution in [3.63, 3.8) is 0 Å². The maximum absolute atomic E-state index is 11.9. The van der Waals surface area contributed by atoms with E-state index in [-0.39, 0.29) is 5.91 Å².